The molecule has 2 atom stereocenters. The Labute approximate surface area is 118 Å². The maximum absolute atomic E-state index is 13.6. The SMILES string of the molecule is CCc1nn(C)c(CC)c1CN1C[C@H](F)C[C@H]1C(N)=O. The van der Waals surface area contributed by atoms with Gasteiger partial charge in [-0.3, -0.25) is 14.4 Å². The van der Waals surface area contributed by atoms with Gasteiger partial charge in [0.15, 0.2) is 0 Å². The van der Waals surface area contributed by atoms with Gasteiger partial charge >= 0.3 is 0 Å². The van der Waals surface area contributed by atoms with Gasteiger partial charge in [-0.05, 0) is 12.8 Å². The third-order valence-corrected chi connectivity index (χ3v) is 4.07. The minimum absolute atomic E-state index is 0.207. The Morgan fingerprint density at radius 2 is 2.15 bits per heavy atom. The monoisotopic (exact) mass is 282 g/mol. The Bertz CT molecular complexity index is 500. The van der Waals surface area contributed by atoms with Crippen LogP contribution in [0.5, 0.6) is 0 Å². The minimum atomic E-state index is -0.973. The minimum Gasteiger partial charge on any atom is -0.368 e. The van der Waals surface area contributed by atoms with E-state index < -0.39 is 18.1 Å². The summed E-state index contributed by atoms with van der Waals surface area (Å²) >= 11 is 0. The van der Waals surface area contributed by atoms with Crippen LogP contribution in [0.2, 0.25) is 0 Å². The molecule has 1 aromatic rings. The second-order valence-corrected chi connectivity index (χ2v) is 5.38. The van der Waals surface area contributed by atoms with Crippen molar-refractivity contribution in [1.82, 2.24) is 14.7 Å². The summed E-state index contributed by atoms with van der Waals surface area (Å²) in [6.07, 6.45) is 0.933. The van der Waals surface area contributed by atoms with Crippen LogP contribution in [0.3, 0.4) is 0 Å². The van der Waals surface area contributed by atoms with Crippen molar-refractivity contribution in [3.8, 4) is 0 Å². The second kappa shape index (κ2) is 5.91. The molecule has 2 N–H and O–H groups in total. The lowest BCUT2D eigenvalue weighted by molar-refractivity contribution is -0.122. The van der Waals surface area contributed by atoms with Gasteiger partial charge in [0.25, 0.3) is 0 Å². The van der Waals surface area contributed by atoms with E-state index in [1.807, 2.05) is 16.6 Å². The molecule has 2 heterocycles. The van der Waals surface area contributed by atoms with E-state index in [0.717, 1.165) is 29.8 Å². The third-order valence-electron chi connectivity index (χ3n) is 4.07. The van der Waals surface area contributed by atoms with Crippen molar-refractivity contribution in [2.45, 2.75) is 51.9 Å². The first-order chi connectivity index (χ1) is 9.47. The number of amides is 1. The van der Waals surface area contributed by atoms with Crippen molar-refractivity contribution in [3.63, 3.8) is 0 Å². The molecule has 0 unspecified atom stereocenters. The highest BCUT2D eigenvalue weighted by Gasteiger charge is 2.36. The number of nitrogens with zero attached hydrogens (tertiary/aromatic N) is 3. The Morgan fingerprint density at radius 1 is 1.45 bits per heavy atom. The van der Waals surface area contributed by atoms with Crippen LogP contribution in [0, 0.1) is 0 Å². The van der Waals surface area contributed by atoms with Crippen molar-refractivity contribution in [3.05, 3.63) is 17.0 Å². The van der Waals surface area contributed by atoms with Gasteiger partial charge in [0.1, 0.15) is 6.17 Å². The number of aromatic nitrogens is 2. The maximum Gasteiger partial charge on any atom is 0.234 e. The molecular weight excluding hydrogens is 259 g/mol. The molecule has 1 aliphatic heterocycles. The van der Waals surface area contributed by atoms with Gasteiger partial charge in [-0.2, -0.15) is 5.10 Å². The van der Waals surface area contributed by atoms with Crippen molar-refractivity contribution < 1.29 is 9.18 Å². The van der Waals surface area contributed by atoms with E-state index in [1.165, 1.54) is 0 Å². The van der Waals surface area contributed by atoms with E-state index in [-0.39, 0.29) is 13.0 Å². The average molecular weight is 282 g/mol. The summed E-state index contributed by atoms with van der Waals surface area (Å²) in [5.41, 5.74) is 8.67. The number of aryl methyl sites for hydroxylation is 2. The summed E-state index contributed by atoms with van der Waals surface area (Å²) < 4.78 is 15.5. The number of carbonyl (C=O) groups is 1. The molecule has 2 rings (SSSR count). The largest absolute Gasteiger partial charge is 0.368 e. The number of nitrogens with two attached hydrogens (primary N) is 1. The lowest BCUT2D eigenvalue weighted by Crippen LogP contribution is -2.40. The molecule has 1 saturated heterocycles. The van der Waals surface area contributed by atoms with E-state index in [4.69, 9.17) is 5.73 Å². The van der Waals surface area contributed by atoms with E-state index in [2.05, 4.69) is 18.9 Å². The molecule has 1 aromatic heterocycles. The highest BCUT2D eigenvalue weighted by molar-refractivity contribution is 5.80. The number of rotatable bonds is 5. The second-order valence-electron chi connectivity index (χ2n) is 5.38. The van der Waals surface area contributed by atoms with Crippen molar-refractivity contribution >= 4 is 5.91 Å². The molecule has 0 radical (unpaired) electrons. The zero-order valence-corrected chi connectivity index (χ0v) is 12.4. The normalized spacial score (nSPS) is 23.4. The van der Waals surface area contributed by atoms with Crippen molar-refractivity contribution in [2.24, 2.45) is 12.8 Å². The first kappa shape index (κ1) is 15.0. The average Bonchev–Trinajstić information content (AvgIpc) is 2.90. The van der Waals surface area contributed by atoms with Gasteiger partial charge in [0.05, 0.1) is 11.7 Å². The summed E-state index contributed by atoms with van der Waals surface area (Å²) in [7, 11) is 1.93. The summed E-state index contributed by atoms with van der Waals surface area (Å²) in [4.78, 5) is 13.3. The Kier molecular flexibility index (Phi) is 4.42. The third kappa shape index (κ3) is 2.70. The van der Waals surface area contributed by atoms with Gasteiger partial charge in [-0.15, -0.1) is 0 Å². The number of hydrogen-bond acceptors (Lipinski definition) is 3. The predicted molar refractivity (Wildman–Crippen MR) is 74.9 cm³/mol. The molecule has 1 amide bonds. The van der Waals surface area contributed by atoms with Crippen LogP contribution < -0.4 is 5.73 Å². The van der Waals surface area contributed by atoms with E-state index in [0.29, 0.717) is 6.54 Å². The summed E-state index contributed by atoms with van der Waals surface area (Å²) in [6.45, 7) is 4.95. The maximum atomic E-state index is 13.6. The molecular formula is C14H23FN4O. The fourth-order valence-corrected chi connectivity index (χ4v) is 3.09. The summed E-state index contributed by atoms with van der Waals surface area (Å²) in [5, 5.41) is 4.51. The van der Waals surface area contributed by atoms with Crippen LogP contribution in [0.15, 0.2) is 0 Å². The quantitative estimate of drug-likeness (QED) is 0.874. The molecule has 1 fully saturated rings. The number of carbonyl (C=O) groups excluding carboxylic acids is 1. The van der Waals surface area contributed by atoms with Crippen LogP contribution in [0.4, 0.5) is 4.39 Å². The number of likely N-dealkylation sites (tertiary alicyclic amines) is 1. The molecule has 1 aliphatic rings. The Morgan fingerprint density at radius 3 is 2.70 bits per heavy atom. The van der Waals surface area contributed by atoms with E-state index in [1.54, 1.807) is 0 Å². The van der Waals surface area contributed by atoms with Crippen LogP contribution in [-0.4, -0.2) is 39.3 Å². The lowest BCUT2D eigenvalue weighted by Gasteiger charge is -2.22. The van der Waals surface area contributed by atoms with E-state index in [9.17, 15) is 9.18 Å². The fourth-order valence-electron chi connectivity index (χ4n) is 3.09. The first-order valence-electron chi connectivity index (χ1n) is 7.18. The van der Waals surface area contributed by atoms with Crippen LogP contribution >= 0.6 is 0 Å². The van der Waals surface area contributed by atoms with Crippen LogP contribution in [0.1, 0.15) is 37.2 Å². The standard InChI is InChI=1S/C14H23FN4O/c1-4-11-10(12(5-2)18(3)17-11)8-19-7-9(15)6-13(19)14(16)20/h9,13H,4-8H2,1-3H3,(H2,16,20)/t9-,13+/m1/s1. The lowest BCUT2D eigenvalue weighted by atomic mass is 10.1. The van der Waals surface area contributed by atoms with Gasteiger partial charge in [0, 0.05) is 37.8 Å². The molecule has 5 nitrogen and oxygen atoms in total. The molecule has 112 valence electrons. The Balaban J connectivity index is 2.27. The number of halogens is 1. The van der Waals surface area contributed by atoms with E-state index >= 15 is 0 Å². The van der Waals surface area contributed by atoms with Gasteiger partial charge in [-0.25, -0.2) is 4.39 Å². The van der Waals surface area contributed by atoms with Crippen LogP contribution in [-0.2, 0) is 31.2 Å². The molecule has 0 aromatic carbocycles. The highest BCUT2D eigenvalue weighted by atomic mass is 19.1. The molecule has 0 spiro atoms. The zero-order valence-electron chi connectivity index (χ0n) is 12.4. The van der Waals surface area contributed by atoms with Crippen LogP contribution in [0.25, 0.3) is 0 Å². The number of primary amides is 1. The number of hydrogen-bond donors (Lipinski definition) is 1. The fraction of sp³-hybridized carbons (Fsp3) is 0.714. The molecule has 20 heavy (non-hydrogen) atoms. The zero-order chi connectivity index (χ0) is 14.9. The van der Waals surface area contributed by atoms with Gasteiger partial charge in [0.2, 0.25) is 5.91 Å². The van der Waals surface area contributed by atoms with Crippen molar-refractivity contribution in [1.29, 1.82) is 0 Å². The van der Waals surface area contributed by atoms with Crippen molar-refractivity contribution in [2.75, 3.05) is 6.54 Å². The summed E-state index contributed by atoms with van der Waals surface area (Å²) in [5.74, 6) is -0.440. The smallest absolute Gasteiger partial charge is 0.234 e. The molecule has 6 heteroatoms. The topological polar surface area (TPSA) is 64.2 Å². The Hall–Kier alpha value is -1.43. The van der Waals surface area contributed by atoms with Gasteiger partial charge < -0.3 is 5.73 Å². The molecule has 0 aliphatic carbocycles. The van der Waals surface area contributed by atoms with Gasteiger partial charge in [-0.1, -0.05) is 13.8 Å². The first-order valence-corrected chi connectivity index (χ1v) is 7.18. The molecule has 0 bridgehead atoms. The summed E-state index contributed by atoms with van der Waals surface area (Å²) in [6, 6.07) is -0.500. The molecule has 0 saturated carbocycles. The number of alkyl halides is 1. The predicted octanol–water partition coefficient (Wildman–Crippen LogP) is 0.943. The highest BCUT2D eigenvalue weighted by Crippen LogP contribution is 2.25.